The van der Waals surface area contributed by atoms with Gasteiger partial charge in [0.15, 0.2) is 6.17 Å². The molecule has 4 aromatic heterocycles. The van der Waals surface area contributed by atoms with Crippen molar-refractivity contribution in [2.24, 2.45) is 0 Å². The topological polar surface area (TPSA) is 35.1 Å². The number of benzene rings is 5. The number of pyridine rings is 2. The van der Waals surface area contributed by atoms with Crippen molar-refractivity contribution in [2.45, 2.75) is 35.2 Å². The summed E-state index contributed by atoms with van der Waals surface area (Å²) in [5.74, 6) is 0.811. The minimum atomic E-state index is -1.33. The minimum Gasteiger partial charge on any atom is -0.299 e. The molecule has 0 saturated carbocycles. The lowest BCUT2D eigenvalue weighted by Crippen LogP contribution is -2.24. The van der Waals surface area contributed by atoms with Gasteiger partial charge in [-0.2, -0.15) is 0 Å². The van der Waals surface area contributed by atoms with Crippen molar-refractivity contribution in [3.8, 4) is 5.82 Å². The molecule has 0 spiro atoms. The fourth-order valence-electron chi connectivity index (χ4n) is 7.97. The average molecular weight is 641 g/mol. The van der Waals surface area contributed by atoms with E-state index in [0.717, 1.165) is 49.6 Å². The zero-order chi connectivity index (χ0) is 32.1. The van der Waals surface area contributed by atoms with Crippen LogP contribution in [-0.2, 0) is 5.41 Å². The van der Waals surface area contributed by atoms with Crippen LogP contribution in [0.25, 0.3) is 54.9 Å². The van der Waals surface area contributed by atoms with Crippen LogP contribution in [0, 0.1) is 0 Å². The monoisotopic (exact) mass is 640 g/mol. The Bertz CT molecular complexity index is 2760. The van der Waals surface area contributed by atoms with E-state index >= 15 is 4.39 Å². The number of alkyl halides is 1. The first-order valence-electron chi connectivity index (χ1n) is 16.2. The molecule has 0 aliphatic carbocycles. The third-order valence-electron chi connectivity index (χ3n) is 10.2. The van der Waals surface area contributed by atoms with Crippen LogP contribution >= 0.6 is 11.8 Å². The Hall–Kier alpha value is -5.46. The maximum Gasteiger partial charge on any atom is 0.150 e. The summed E-state index contributed by atoms with van der Waals surface area (Å²) >= 11 is 1.83. The summed E-state index contributed by atoms with van der Waals surface area (Å²) < 4.78 is 21.1. The van der Waals surface area contributed by atoms with Crippen LogP contribution in [0.15, 0.2) is 144 Å². The van der Waals surface area contributed by atoms with Crippen LogP contribution in [0.3, 0.4) is 0 Å². The van der Waals surface area contributed by atoms with E-state index in [0.29, 0.717) is 11.1 Å². The van der Waals surface area contributed by atoms with E-state index in [9.17, 15) is 0 Å². The summed E-state index contributed by atoms with van der Waals surface area (Å²) in [4.78, 5) is 12.0. The number of hydrogen-bond donors (Lipinski definition) is 0. The molecular formula is C42H29FN4S. The molecule has 48 heavy (non-hydrogen) atoms. The molecule has 0 N–H and O–H groups in total. The average Bonchev–Trinajstić information content (AvgIpc) is 3.75. The van der Waals surface area contributed by atoms with E-state index < -0.39 is 6.17 Å². The van der Waals surface area contributed by atoms with E-state index in [1.165, 1.54) is 26.3 Å². The van der Waals surface area contributed by atoms with Gasteiger partial charge in [-0.3, -0.25) is 8.97 Å². The van der Waals surface area contributed by atoms with Crippen molar-refractivity contribution < 1.29 is 4.39 Å². The van der Waals surface area contributed by atoms with Gasteiger partial charge in [0.05, 0.1) is 16.6 Å². The smallest absolute Gasteiger partial charge is 0.150 e. The second-order valence-corrected chi connectivity index (χ2v) is 14.2. The lowest BCUT2D eigenvalue weighted by Gasteiger charge is -2.35. The summed E-state index contributed by atoms with van der Waals surface area (Å²) in [5.41, 5.74) is 7.54. The second-order valence-electron chi connectivity index (χ2n) is 13.2. The number of halogens is 1. The van der Waals surface area contributed by atoms with Gasteiger partial charge in [-0.1, -0.05) is 92.3 Å². The Morgan fingerprint density at radius 1 is 0.646 bits per heavy atom. The Morgan fingerprint density at radius 2 is 1.44 bits per heavy atom. The molecule has 4 nitrogen and oxygen atoms in total. The lowest BCUT2D eigenvalue weighted by molar-refractivity contribution is 0.402. The molecular weight excluding hydrogens is 612 g/mol. The van der Waals surface area contributed by atoms with Gasteiger partial charge < -0.3 is 0 Å². The highest BCUT2D eigenvalue weighted by Gasteiger charge is 2.36. The van der Waals surface area contributed by atoms with Gasteiger partial charge in [-0.05, 0) is 76.2 Å². The first kappa shape index (κ1) is 27.6. The summed E-state index contributed by atoms with van der Waals surface area (Å²) in [6.07, 6.45) is 4.27. The molecule has 1 atom stereocenters. The quantitative estimate of drug-likeness (QED) is 0.180. The third kappa shape index (κ3) is 3.78. The van der Waals surface area contributed by atoms with Gasteiger partial charge in [0.1, 0.15) is 11.5 Å². The molecule has 5 heterocycles. The highest BCUT2D eigenvalue weighted by molar-refractivity contribution is 7.99. The Balaban J connectivity index is 1.20. The van der Waals surface area contributed by atoms with Crippen molar-refractivity contribution in [2.75, 3.05) is 0 Å². The van der Waals surface area contributed by atoms with Crippen LogP contribution in [0.5, 0.6) is 0 Å². The van der Waals surface area contributed by atoms with Gasteiger partial charge in [0, 0.05) is 55.3 Å². The molecule has 0 saturated heterocycles. The van der Waals surface area contributed by atoms with Crippen molar-refractivity contribution >= 4 is 60.9 Å². The summed E-state index contributed by atoms with van der Waals surface area (Å²) in [7, 11) is 0. The summed E-state index contributed by atoms with van der Waals surface area (Å²) in [5, 5.41) is 5.42. The molecule has 5 aromatic carbocycles. The molecule has 9 aromatic rings. The van der Waals surface area contributed by atoms with E-state index in [1.807, 2.05) is 91.0 Å². The molecule has 1 aliphatic rings. The molecule has 1 unspecified atom stereocenters. The molecule has 1 aliphatic heterocycles. The molecule has 10 rings (SSSR count). The number of aromatic nitrogens is 4. The van der Waals surface area contributed by atoms with E-state index in [1.54, 1.807) is 0 Å². The lowest BCUT2D eigenvalue weighted by atomic mass is 9.76. The first-order valence-corrected chi connectivity index (χ1v) is 17.0. The maximum absolute atomic E-state index is 16.9. The number of imidazole rings is 1. The number of hydrogen-bond acceptors (Lipinski definition) is 3. The number of rotatable bonds is 3. The zero-order valence-corrected chi connectivity index (χ0v) is 27.2. The van der Waals surface area contributed by atoms with Gasteiger partial charge >= 0.3 is 0 Å². The van der Waals surface area contributed by atoms with Crippen LogP contribution < -0.4 is 0 Å². The van der Waals surface area contributed by atoms with Crippen molar-refractivity contribution in [1.29, 1.82) is 0 Å². The molecule has 6 heteroatoms. The Kier molecular flexibility index (Phi) is 5.77. The minimum absolute atomic E-state index is 0.228. The normalized spacial score (nSPS) is 14.6. The predicted octanol–water partition coefficient (Wildman–Crippen LogP) is 11.0. The van der Waals surface area contributed by atoms with Crippen LogP contribution in [-0.4, -0.2) is 18.9 Å². The van der Waals surface area contributed by atoms with Gasteiger partial charge in [-0.25, -0.2) is 14.4 Å². The largest absolute Gasteiger partial charge is 0.299 e. The van der Waals surface area contributed by atoms with Crippen molar-refractivity contribution in [1.82, 2.24) is 18.9 Å². The van der Waals surface area contributed by atoms with Gasteiger partial charge in [-0.15, -0.1) is 0 Å². The number of nitrogens with zero attached hydrogens (tertiary/aromatic N) is 4. The second kappa shape index (κ2) is 10.0. The summed E-state index contributed by atoms with van der Waals surface area (Å²) in [6, 6.07) is 39.4. The van der Waals surface area contributed by atoms with Crippen LogP contribution in [0.4, 0.5) is 4.39 Å². The fourth-order valence-corrected chi connectivity index (χ4v) is 9.38. The molecule has 0 fully saturated rings. The molecule has 0 radical (unpaired) electrons. The fraction of sp³-hybridized carbons (Fsp3) is 0.0952. The van der Waals surface area contributed by atoms with E-state index in [4.69, 9.17) is 4.98 Å². The van der Waals surface area contributed by atoms with Crippen LogP contribution in [0.1, 0.15) is 42.3 Å². The predicted molar refractivity (Wildman–Crippen MR) is 194 cm³/mol. The van der Waals surface area contributed by atoms with Crippen molar-refractivity contribution in [3.63, 3.8) is 0 Å². The van der Waals surface area contributed by atoms with E-state index in [2.05, 4.69) is 82.4 Å². The maximum atomic E-state index is 16.9. The molecule has 230 valence electrons. The zero-order valence-electron chi connectivity index (χ0n) is 26.4. The van der Waals surface area contributed by atoms with E-state index in [-0.39, 0.29) is 5.41 Å². The van der Waals surface area contributed by atoms with Gasteiger partial charge in [0.2, 0.25) is 0 Å². The first-order chi connectivity index (χ1) is 23.5. The van der Waals surface area contributed by atoms with Gasteiger partial charge in [0.25, 0.3) is 0 Å². The standard InChI is InChI=1S/C42H29FN4S/c1-42(2)31-10-4-6-12-35(31)48-36-19-18-33-38(39(36)42)29-17-15-26(24-34(29)47(33)37-13-7-8-20-44-37)40(43)25-14-16-27-28-9-3-5-11-32(28)46-22-21-45-41(46)30(27)23-25/h3-24,40H,1-2H3. The molecule has 0 amide bonds. The van der Waals surface area contributed by atoms with Crippen LogP contribution in [0.2, 0.25) is 0 Å². The third-order valence-corrected chi connectivity index (χ3v) is 11.3. The number of para-hydroxylation sites is 1. The highest BCUT2D eigenvalue weighted by atomic mass is 32.2. The Morgan fingerprint density at radius 3 is 2.31 bits per heavy atom. The molecule has 0 bridgehead atoms. The highest BCUT2D eigenvalue weighted by Crippen LogP contribution is 2.53. The summed E-state index contributed by atoms with van der Waals surface area (Å²) in [6.45, 7) is 4.64. The number of fused-ring (bicyclic) bond motifs is 12. The Labute approximate surface area is 280 Å². The SMILES string of the molecule is CC1(C)c2ccccc2Sc2ccc3c(c21)c1ccc(C(F)c2ccc4c5ccccc5n5ccnc5c4c2)cc1n3-c1ccccn1. The van der Waals surface area contributed by atoms with Crippen molar-refractivity contribution in [3.05, 3.63) is 156 Å².